The van der Waals surface area contributed by atoms with Crippen LogP contribution >= 0.6 is 24.0 Å². The van der Waals surface area contributed by atoms with Gasteiger partial charge in [0.15, 0.2) is 0 Å². The van der Waals surface area contributed by atoms with Gasteiger partial charge in [-0.1, -0.05) is 24.4 Å². The van der Waals surface area contributed by atoms with Gasteiger partial charge in [-0.3, -0.25) is 0 Å². The molecule has 0 unspecified atom stereocenters. The summed E-state index contributed by atoms with van der Waals surface area (Å²) in [5.41, 5.74) is 1.01. The summed E-state index contributed by atoms with van der Waals surface area (Å²) in [6.45, 7) is 0. The molecule has 0 amide bonds. The molecule has 14 heavy (non-hydrogen) atoms. The fourth-order valence-corrected chi connectivity index (χ4v) is 1.10. The maximum Gasteiger partial charge on any atom is 0.137 e. The Kier molecular flexibility index (Phi) is 4.49. The van der Waals surface area contributed by atoms with Crippen molar-refractivity contribution in [1.29, 1.82) is 0 Å². The van der Waals surface area contributed by atoms with Gasteiger partial charge in [0.1, 0.15) is 10.1 Å². The molecule has 0 spiro atoms. The van der Waals surface area contributed by atoms with Crippen molar-refractivity contribution in [2.24, 2.45) is 0 Å². The van der Waals surface area contributed by atoms with Crippen LogP contribution in [0.5, 0.6) is 5.75 Å². The fraction of sp³-hybridized carbons (Fsp3) is 0.100. The quantitative estimate of drug-likeness (QED) is 0.758. The maximum absolute atomic E-state index is 9.04. The normalized spacial score (nSPS) is 10.4. The fourth-order valence-electron chi connectivity index (χ4n) is 0.850. The van der Waals surface area contributed by atoms with Crippen LogP contribution < -0.4 is 5.32 Å². The Bertz CT molecular complexity index is 332. The molecule has 4 heteroatoms. The predicted molar refractivity (Wildman–Crippen MR) is 66.4 cm³/mol. The minimum atomic E-state index is 0.273. The van der Waals surface area contributed by atoms with Crippen molar-refractivity contribution in [2.75, 3.05) is 6.26 Å². The van der Waals surface area contributed by atoms with Crippen LogP contribution in [0.2, 0.25) is 0 Å². The van der Waals surface area contributed by atoms with Gasteiger partial charge in [-0.15, -0.1) is 11.8 Å². The number of phenolic OH excluding ortho intramolecular Hbond substituents is 1. The molecule has 0 aliphatic rings. The second-order valence-electron chi connectivity index (χ2n) is 2.56. The summed E-state index contributed by atoms with van der Waals surface area (Å²) in [6.07, 6.45) is 5.59. The molecule has 0 saturated heterocycles. The largest absolute Gasteiger partial charge is 0.508 e. The summed E-state index contributed by atoms with van der Waals surface area (Å²) in [6, 6.07) is 6.95. The lowest BCUT2D eigenvalue weighted by molar-refractivity contribution is 0.475. The summed E-state index contributed by atoms with van der Waals surface area (Å²) in [4.78, 5) is 0. The van der Waals surface area contributed by atoms with Gasteiger partial charge < -0.3 is 10.4 Å². The van der Waals surface area contributed by atoms with E-state index in [9.17, 15) is 0 Å². The number of nitrogens with one attached hydrogen (secondary N) is 1. The van der Waals surface area contributed by atoms with Crippen molar-refractivity contribution in [2.45, 2.75) is 0 Å². The minimum Gasteiger partial charge on any atom is -0.508 e. The summed E-state index contributed by atoms with van der Waals surface area (Å²) in [7, 11) is 0. The van der Waals surface area contributed by atoms with Gasteiger partial charge in [-0.05, 0) is 30.0 Å². The lowest BCUT2D eigenvalue weighted by atomic mass is 10.2. The number of aromatic hydroxyl groups is 1. The SMILES string of the molecule is CSC(=S)NC=Cc1ccc(O)cc1. The van der Waals surface area contributed by atoms with Crippen LogP contribution in [-0.2, 0) is 0 Å². The van der Waals surface area contributed by atoms with Crippen LogP contribution in [0.15, 0.2) is 30.5 Å². The van der Waals surface area contributed by atoms with Crippen LogP contribution in [0, 0.1) is 0 Å². The number of phenols is 1. The summed E-state index contributed by atoms with van der Waals surface area (Å²) < 4.78 is 0.736. The number of rotatable bonds is 2. The van der Waals surface area contributed by atoms with Gasteiger partial charge in [-0.25, -0.2) is 0 Å². The van der Waals surface area contributed by atoms with E-state index in [1.165, 1.54) is 11.8 Å². The van der Waals surface area contributed by atoms with Crippen LogP contribution in [-0.4, -0.2) is 15.7 Å². The third-order valence-corrected chi connectivity index (χ3v) is 2.66. The Morgan fingerprint density at radius 3 is 2.64 bits per heavy atom. The highest BCUT2D eigenvalue weighted by Gasteiger charge is 1.88. The van der Waals surface area contributed by atoms with Crippen LogP contribution in [0.1, 0.15) is 5.56 Å². The first-order valence-electron chi connectivity index (χ1n) is 4.02. The highest BCUT2D eigenvalue weighted by molar-refractivity contribution is 8.22. The predicted octanol–water partition coefficient (Wildman–Crippen LogP) is 2.60. The van der Waals surface area contributed by atoms with Crippen molar-refractivity contribution in [3.05, 3.63) is 36.0 Å². The van der Waals surface area contributed by atoms with E-state index < -0.39 is 0 Å². The topological polar surface area (TPSA) is 32.3 Å². The van der Waals surface area contributed by atoms with E-state index in [4.69, 9.17) is 17.3 Å². The number of hydrogen-bond acceptors (Lipinski definition) is 3. The second kappa shape index (κ2) is 5.67. The molecule has 0 aliphatic carbocycles. The molecule has 0 fully saturated rings. The Morgan fingerprint density at radius 1 is 1.43 bits per heavy atom. The molecule has 0 aromatic heterocycles. The molecular formula is C10H11NOS2. The maximum atomic E-state index is 9.04. The molecule has 2 N–H and O–H groups in total. The van der Waals surface area contributed by atoms with Gasteiger partial charge in [0.25, 0.3) is 0 Å². The van der Waals surface area contributed by atoms with Crippen molar-refractivity contribution in [3.8, 4) is 5.75 Å². The summed E-state index contributed by atoms with van der Waals surface area (Å²) >= 11 is 6.44. The first-order valence-corrected chi connectivity index (χ1v) is 5.66. The van der Waals surface area contributed by atoms with Crippen molar-refractivity contribution >= 4 is 34.4 Å². The van der Waals surface area contributed by atoms with E-state index in [-0.39, 0.29) is 5.75 Å². The molecule has 0 heterocycles. The standard InChI is InChI=1S/C10H11NOS2/c1-14-10(13)11-7-6-8-2-4-9(12)5-3-8/h2-7,12H,1H3,(H,11,13). The van der Waals surface area contributed by atoms with Crippen LogP contribution in [0.4, 0.5) is 0 Å². The molecule has 0 radical (unpaired) electrons. The number of thioether (sulfide) groups is 1. The average Bonchev–Trinajstić information content (AvgIpc) is 2.21. The number of thiocarbonyl (C=S) groups is 1. The van der Waals surface area contributed by atoms with Gasteiger partial charge in [0.05, 0.1) is 0 Å². The van der Waals surface area contributed by atoms with Crippen molar-refractivity contribution < 1.29 is 5.11 Å². The Hall–Kier alpha value is -1.00. The smallest absolute Gasteiger partial charge is 0.137 e. The zero-order valence-corrected chi connectivity index (χ0v) is 9.36. The second-order valence-corrected chi connectivity index (χ2v) is 4.04. The first kappa shape index (κ1) is 11.1. The zero-order chi connectivity index (χ0) is 10.4. The number of hydrogen-bond donors (Lipinski definition) is 2. The molecule has 0 bridgehead atoms. The van der Waals surface area contributed by atoms with Gasteiger partial charge >= 0.3 is 0 Å². The lowest BCUT2D eigenvalue weighted by Crippen LogP contribution is -2.08. The molecule has 1 aromatic rings. The Morgan fingerprint density at radius 2 is 2.07 bits per heavy atom. The molecule has 1 aromatic carbocycles. The molecule has 2 nitrogen and oxygen atoms in total. The molecule has 74 valence electrons. The molecule has 0 saturated carbocycles. The van der Waals surface area contributed by atoms with E-state index in [1.54, 1.807) is 18.3 Å². The van der Waals surface area contributed by atoms with E-state index in [1.807, 2.05) is 24.5 Å². The van der Waals surface area contributed by atoms with Crippen molar-refractivity contribution in [3.63, 3.8) is 0 Å². The summed E-state index contributed by atoms with van der Waals surface area (Å²) in [5.74, 6) is 0.273. The van der Waals surface area contributed by atoms with E-state index in [0.29, 0.717) is 0 Å². The van der Waals surface area contributed by atoms with Gasteiger partial charge in [-0.2, -0.15) is 0 Å². The minimum absolute atomic E-state index is 0.273. The van der Waals surface area contributed by atoms with Crippen molar-refractivity contribution in [1.82, 2.24) is 5.32 Å². The summed E-state index contributed by atoms with van der Waals surface area (Å²) in [5, 5.41) is 12.0. The van der Waals surface area contributed by atoms with E-state index >= 15 is 0 Å². The highest BCUT2D eigenvalue weighted by atomic mass is 32.2. The van der Waals surface area contributed by atoms with Crippen LogP contribution in [0.25, 0.3) is 6.08 Å². The lowest BCUT2D eigenvalue weighted by Gasteiger charge is -1.97. The van der Waals surface area contributed by atoms with Gasteiger partial charge in [0.2, 0.25) is 0 Å². The Labute approximate surface area is 93.0 Å². The Balaban J connectivity index is 2.52. The molecule has 1 rings (SSSR count). The van der Waals surface area contributed by atoms with E-state index in [0.717, 1.165) is 9.88 Å². The molecule has 0 atom stereocenters. The first-order chi connectivity index (χ1) is 6.72. The average molecular weight is 225 g/mol. The number of benzene rings is 1. The third-order valence-electron chi connectivity index (χ3n) is 1.56. The zero-order valence-electron chi connectivity index (χ0n) is 7.73. The third kappa shape index (κ3) is 3.81. The monoisotopic (exact) mass is 225 g/mol. The molecular weight excluding hydrogens is 214 g/mol. The van der Waals surface area contributed by atoms with Crippen LogP contribution in [0.3, 0.4) is 0 Å². The van der Waals surface area contributed by atoms with E-state index in [2.05, 4.69) is 5.32 Å². The molecule has 0 aliphatic heterocycles. The van der Waals surface area contributed by atoms with Gasteiger partial charge in [0, 0.05) is 6.20 Å². The highest BCUT2D eigenvalue weighted by Crippen LogP contribution is 2.10.